The summed E-state index contributed by atoms with van der Waals surface area (Å²) in [5.41, 5.74) is -1.33. The first-order valence-corrected chi connectivity index (χ1v) is 8.79. The largest absolute Gasteiger partial charge is 0.481 e. The molecule has 0 aromatic carbocycles. The van der Waals surface area contributed by atoms with Gasteiger partial charge in [-0.25, -0.2) is 9.59 Å². The first kappa shape index (κ1) is 24.0. The van der Waals surface area contributed by atoms with Gasteiger partial charge >= 0.3 is 18.2 Å². The molecule has 2 unspecified atom stereocenters. The molecule has 0 radical (unpaired) electrons. The summed E-state index contributed by atoms with van der Waals surface area (Å²) in [7, 11) is 0. The van der Waals surface area contributed by atoms with E-state index in [1.54, 1.807) is 41.5 Å². The average molecular weight is 374 g/mol. The molecule has 0 aromatic heterocycles. The van der Waals surface area contributed by atoms with Crippen LogP contribution in [0, 0.1) is 11.8 Å². The zero-order chi connectivity index (χ0) is 20.7. The van der Waals surface area contributed by atoms with Crippen LogP contribution in [0.1, 0.15) is 61.8 Å². The number of hydrogen-bond acceptors (Lipinski definition) is 5. The Balaban J connectivity index is 5.08. The van der Waals surface area contributed by atoms with Gasteiger partial charge in [0.1, 0.15) is 11.2 Å². The molecule has 0 aliphatic rings. The van der Waals surface area contributed by atoms with Crippen LogP contribution in [-0.2, 0) is 14.3 Å². The zero-order valence-corrected chi connectivity index (χ0v) is 17.1. The highest BCUT2D eigenvalue weighted by molar-refractivity contribution is 5.72. The quantitative estimate of drug-likeness (QED) is 0.631. The van der Waals surface area contributed by atoms with Gasteiger partial charge in [-0.05, 0) is 53.4 Å². The molecule has 0 spiro atoms. The van der Waals surface area contributed by atoms with Crippen LogP contribution in [-0.4, -0.2) is 47.1 Å². The van der Waals surface area contributed by atoms with E-state index < -0.39 is 35.4 Å². The molecular formula is C18H34N2O6. The number of rotatable bonds is 7. The van der Waals surface area contributed by atoms with E-state index in [1.165, 1.54) is 0 Å². The zero-order valence-electron chi connectivity index (χ0n) is 17.1. The lowest BCUT2D eigenvalue weighted by Gasteiger charge is -2.31. The van der Waals surface area contributed by atoms with Gasteiger partial charge in [-0.1, -0.05) is 13.8 Å². The highest BCUT2D eigenvalue weighted by Gasteiger charge is 2.30. The third kappa shape index (κ3) is 11.5. The minimum Gasteiger partial charge on any atom is -0.481 e. The summed E-state index contributed by atoms with van der Waals surface area (Å²) >= 11 is 0. The maximum atomic E-state index is 12.1. The van der Waals surface area contributed by atoms with Crippen molar-refractivity contribution in [3.63, 3.8) is 0 Å². The van der Waals surface area contributed by atoms with Crippen LogP contribution in [0.5, 0.6) is 0 Å². The number of alkyl carbamates (subject to hydrolysis) is 2. The van der Waals surface area contributed by atoms with Crippen molar-refractivity contribution in [1.29, 1.82) is 0 Å². The number of carbonyl (C=O) groups is 3. The molecule has 0 rings (SSSR count). The third-order valence-electron chi connectivity index (χ3n) is 3.35. The fourth-order valence-electron chi connectivity index (χ4n) is 2.31. The van der Waals surface area contributed by atoms with E-state index in [4.69, 9.17) is 9.47 Å². The van der Waals surface area contributed by atoms with Crippen molar-refractivity contribution in [1.82, 2.24) is 10.6 Å². The molecule has 0 aliphatic carbocycles. The molecule has 0 saturated heterocycles. The van der Waals surface area contributed by atoms with Crippen LogP contribution in [0.3, 0.4) is 0 Å². The molecule has 152 valence electrons. The van der Waals surface area contributed by atoms with Gasteiger partial charge in [-0.2, -0.15) is 0 Å². The molecule has 0 saturated carbocycles. The fraction of sp³-hybridized carbons (Fsp3) is 0.833. The van der Waals surface area contributed by atoms with E-state index in [1.807, 2.05) is 13.8 Å². The van der Waals surface area contributed by atoms with Gasteiger partial charge in [0.2, 0.25) is 0 Å². The van der Waals surface area contributed by atoms with Gasteiger partial charge in [-0.3, -0.25) is 4.79 Å². The van der Waals surface area contributed by atoms with E-state index in [0.29, 0.717) is 0 Å². The maximum absolute atomic E-state index is 12.1. The van der Waals surface area contributed by atoms with Crippen LogP contribution in [0.25, 0.3) is 0 Å². The van der Waals surface area contributed by atoms with Crippen molar-refractivity contribution in [3.8, 4) is 0 Å². The molecule has 2 atom stereocenters. The Morgan fingerprint density at radius 3 is 1.77 bits per heavy atom. The first-order chi connectivity index (χ1) is 11.6. The lowest BCUT2D eigenvalue weighted by Crippen LogP contribution is -2.49. The van der Waals surface area contributed by atoms with Crippen molar-refractivity contribution < 1.29 is 29.0 Å². The first-order valence-electron chi connectivity index (χ1n) is 8.79. The molecule has 2 amide bonds. The van der Waals surface area contributed by atoms with E-state index in [2.05, 4.69) is 10.6 Å². The highest BCUT2D eigenvalue weighted by Crippen LogP contribution is 2.19. The van der Waals surface area contributed by atoms with Gasteiger partial charge in [0, 0.05) is 12.6 Å². The van der Waals surface area contributed by atoms with Gasteiger partial charge in [-0.15, -0.1) is 0 Å². The molecule has 0 aromatic rings. The van der Waals surface area contributed by atoms with E-state index in [-0.39, 0.29) is 24.8 Å². The topological polar surface area (TPSA) is 114 Å². The predicted molar refractivity (Wildman–Crippen MR) is 98.0 cm³/mol. The predicted octanol–water partition coefficient (Wildman–Crippen LogP) is 3.15. The minimum atomic E-state index is -1.05. The van der Waals surface area contributed by atoms with E-state index in [0.717, 1.165) is 0 Å². The van der Waals surface area contributed by atoms with E-state index in [9.17, 15) is 19.5 Å². The normalized spacial score (nSPS) is 14.3. The molecule has 0 fully saturated rings. The van der Waals surface area contributed by atoms with Crippen LogP contribution in [0.15, 0.2) is 0 Å². The summed E-state index contributed by atoms with van der Waals surface area (Å²) in [6.45, 7) is 14.4. The number of amides is 2. The number of carboxylic acid groups (broad SMARTS) is 1. The second-order valence-corrected chi connectivity index (χ2v) is 8.64. The molecule has 0 aliphatic heterocycles. The number of aliphatic carboxylic acids is 1. The van der Waals surface area contributed by atoms with Crippen molar-refractivity contribution in [2.24, 2.45) is 11.8 Å². The molecule has 8 nitrogen and oxygen atoms in total. The standard InChI is InChI=1S/C18H34N2O6/c1-11(2)12(10-19-15(23)25-17(3,4)5)13(9-14(21)22)20-16(24)26-18(6,7)8/h11-13H,9-10H2,1-8H3,(H,19,23)(H,20,24)(H,21,22). The summed E-state index contributed by atoms with van der Waals surface area (Å²) in [4.78, 5) is 35.2. The Morgan fingerprint density at radius 2 is 1.38 bits per heavy atom. The van der Waals surface area contributed by atoms with Gasteiger partial charge in [0.05, 0.1) is 6.42 Å². The summed E-state index contributed by atoms with van der Waals surface area (Å²) in [6, 6.07) is -0.697. The molecule has 0 heterocycles. The summed E-state index contributed by atoms with van der Waals surface area (Å²) in [6.07, 6.45) is -1.56. The van der Waals surface area contributed by atoms with Crippen LogP contribution < -0.4 is 10.6 Å². The van der Waals surface area contributed by atoms with Gasteiger partial charge in [0.25, 0.3) is 0 Å². The molecular weight excluding hydrogens is 340 g/mol. The van der Waals surface area contributed by atoms with Crippen molar-refractivity contribution in [3.05, 3.63) is 0 Å². The Morgan fingerprint density at radius 1 is 0.923 bits per heavy atom. The van der Waals surface area contributed by atoms with E-state index >= 15 is 0 Å². The monoisotopic (exact) mass is 374 g/mol. The molecule has 0 bridgehead atoms. The summed E-state index contributed by atoms with van der Waals surface area (Å²) < 4.78 is 10.4. The lowest BCUT2D eigenvalue weighted by atomic mass is 9.86. The van der Waals surface area contributed by atoms with Crippen molar-refractivity contribution in [2.45, 2.75) is 79.1 Å². The Bertz CT molecular complexity index is 491. The number of carbonyl (C=O) groups excluding carboxylic acids is 2. The third-order valence-corrected chi connectivity index (χ3v) is 3.35. The number of hydrogen-bond donors (Lipinski definition) is 3. The Labute approximate surface area is 156 Å². The molecule has 26 heavy (non-hydrogen) atoms. The smallest absolute Gasteiger partial charge is 0.407 e. The van der Waals surface area contributed by atoms with Gasteiger partial charge < -0.3 is 25.2 Å². The molecule has 8 heteroatoms. The Kier molecular flexibility index (Phi) is 8.90. The van der Waals surface area contributed by atoms with Crippen LogP contribution >= 0.6 is 0 Å². The maximum Gasteiger partial charge on any atom is 0.407 e. The number of carboxylic acids is 1. The second kappa shape index (κ2) is 9.64. The minimum absolute atomic E-state index is 0.00391. The van der Waals surface area contributed by atoms with Gasteiger partial charge in [0.15, 0.2) is 0 Å². The van der Waals surface area contributed by atoms with Crippen molar-refractivity contribution in [2.75, 3.05) is 6.54 Å². The summed E-state index contributed by atoms with van der Waals surface area (Å²) in [5, 5.41) is 14.5. The lowest BCUT2D eigenvalue weighted by molar-refractivity contribution is -0.137. The van der Waals surface area contributed by atoms with Crippen molar-refractivity contribution >= 4 is 18.2 Å². The number of nitrogens with one attached hydrogen (secondary N) is 2. The number of ether oxygens (including phenoxy) is 2. The Hall–Kier alpha value is -1.99. The van der Waals surface area contributed by atoms with Crippen LogP contribution in [0.4, 0.5) is 9.59 Å². The second-order valence-electron chi connectivity index (χ2n) is 8.64. The summed E-state index contributed by atoms with van der Waals surface area (Å²) in [5.74, 6) is -1.36. The van der Waals surface area contributed by atoms with Crippen LogP contribution in [0.2, 0.25) is 0 Å². The molecule has 3 N–H and O–H groups in total. The fourth-order valence-corrected chi connectivity index (χ4v) is 2.31. The SMILES string of the molecule is CC(C)C(CNC(=O)OC(C)(C)C)C(CC(=O)O)NC(=O)OC(C)(C)C. The average Bonchev–Trinajstić information content (AvgIpc) is 2.32. The highest BCUT2D eigenvalue weighted by atomic mass is 16.6.